The van der Waals surface area contributed by atoms with Crippen molar-refractivity contribution in [3.63, 3.8) is 0 Å². The first-order valence-electron chi connectivity index (χ1n) is 8.59. The summed E-state index contributed by atoms with van der Waals surface area (Å²) in [6.45, 7) is 4.55. The van der Waals surface area contributed by atoms with Crippen LogP contribution in [0.5, 0.6) is 0 Å². The van der Waals surface area contributed by atoms with Gasteiger partial charge in [-0.1, -0.05) is 60.2 Å². The van der Waals surface area contributed by atoms with Crippen LogP contribution < -0.4 is 5.73 Å². The third-order valence-electron chi connectivity index (χ3n) is 5.10. The van der Waals surface area contributed by atoms with Gasteiger partial charge in [0.2, 0.25) is 0 Å². The summed E-state index contributed by atoms with van der Waals surface area (Å²) in [5, 5.41) is -0.718. The van der Waals surface area contributed by atoms with Gasteiger partial charge in [0.25, 0.3) is 0 Å². The van der Waals surface area contributed by atoms with Crippen LogP contribution in [0.2, 0.25) is 0 Å². The molecule has 0 aromatic heterocycles. The minimum Gasteiger partial charge on any atom is -0.393 e. The molecule has 1 saturated carbocycles. The van der Waals surface area contributed by atoms with E-state index >= 15 is 0 Å². The maximum absolute atomic E-state index is 13.4. The van der Waals surface area contributed by atoms with E-state index < -0.39 is 20.5 Å². The number of aryl methyl sites for hydroxylation is 1. The van der Waals surface area contributed by atoms with E-state index in [2.05, 4.69) is 0 Å². The predicted molar refractivity (Wildman–Crippen MR) is 107 cm³/mol. The van der Waals surface area contributed by atoms with Crippen molar-refractivity contribution in [1.82, 2.24) is 0 Å². The average Bonchev–Trinajstić information content (AvgIpc) is 3.33. The van der Waals surface area contributed by atoms with Gasteiger partial charge >= 0.3 is 0 Å². The van der Waals surface area contributed by atoms with E-state index in [-0.39, 0.29) is 22.4 Å². The number of hydrogen-bond acceptors (Lipinski definition) is 4. The molecule has 0 saturated heterocycles. The molecule has 2 N–H and O–H groups in total. The highest BCUT2D eigenvalue weighted by molar-refractivity contribution is 7.92. The Balaban J connectivity index is 2.10. The first-order chi connectivity index (χ1) is 12.4. The number of hydrogen-bond donors (Lipinski definition) is 1. The highest BCUT2D eigenvalue weighted by Gasteiger charge is 2.73. The molecule has 0 spiro atoms. The van der Waals surface area contributed by atoms with Gasteiger partial charge in [-0.15, -0.1) is 0 Å². The van der Waals surface area contributed by atoms with Gasteiger partial charge in [-0.25, -0.2) is 8.42 Å². The molecular weight excluding hydrogens is 366 g/mol. The molecule has 0 radical (unpaired) electrons. The van der Waals surface area contributed by atoms with Crippen molar-refractivity contribution in [3.8, 4) is 0 Å². The summed E-state index contributed by atoms with van der Waals surface area (Å²) < 4.78 is 32.3. The van der Waals surface area contributed by atoms with Crippen LogP contribution >= 0.6 is 12.2 Å². The number of sulfone groups is 1. The first kappa shape index (κ1) is 19.0. The van der Waals surface area contributed by atoms with Crippen LogP contribution in [0.3, 0.4) is 0 Å². The Labute approximate surface area is 160 Å². The van der Waals surface area contributed by atoms with E-state index in [0.717, 1.165) is 11.1 Å². The Morgan fingerprint density at radius 3 is 2.31 bits per heavy atom. The van der Waals surface area contributed by atoms with Gasteiger partial charge in [0.1, 0.15) is 0 Å². The second-order valence-electron chi connectivity index (χ2n) is 6.71. The van der Waals surface area contributed by atoms with Crippen molar-refractivity contribution in [3.05, 3.63) is 65.7 Å². The Morgan fingerprint density at radius 1 is 1.15 bits per heavy atom. The van der Waals surface area contributed by atoms with Crippen molar-refractivity contribution in [1.29, 1.82) is 0 Å². The van der Waals surface area contributed by atoms with Gasteiger partial charge in [-0.2, -0.15) is 0 Å². The number of ether oxygens (including phenoxy) is 1. The molecule has 4 nitrogen and oxygen atoms in total. The third-order valence-corrected chi connectivity index (χ3v) is 7.77. The molecule has 3 rings (SSSR count). The maximum atomic E-state index is 13.4. The Hall–Kier alpha value is -1.76. The van der Waals surface area contributed by atoms with Crippen molar-refractivity contribution in [2.45, 2.75) is 29.9 Å². The predicted octanol–water partition coefficient (Wildman–Crippen LogP) is 3.24. The zero-order valence-corrected chi connectivity index (χ0v) is 16.5. The molecule has 1 fully saturated rings. The van der Waals surface area contributed by atoms with Gasteiger partial charge in [0.15, 0.2) is 9.84 Å². The van der Waals surface area contributed by atoms with Crippen LogP contribution in [0, 0.1) is 12.3 Å². The molecule has 6 heteroatoms. The molecule has 0 amide bonds. The highest BCUT2D eigenvalue weighted by Crippen LogP contribution is 2.64. The molecule has 2 aromatic carbocycles. The fourth-order valence-corrected chi connectivity index (χ4v) is 6.46. The molecule has 1 aliphatic carbocycles. The minimum atomic E-state index is -3.60. The molecule has 138 valence electrons. The molecule has 0 bridgehead atoms. The summed E-state index contributed by atoms with van der Waals surface area (Å²) in [6, 6.07) is 16.3. The summed E-state index contributed by atoms with van der Waals surface area (Å²) in [5.41, 5.74) is 7.24. The molecule has 1 aliphatic rings. The number of benzene rings is 2. The highest BCUT2D eigenvalue weighted by atomic mass is 32.2. The van der Waals surface area contributed by atoms with Crippen LogP contribution in [-0.2, 0) is 14.6 Å². The van der Waals surface area contributed by atoms with Gasteiger partial charge in [-0.05, 0) is 31.5 Å². The Kier molecular flexibility index (Phi) is 5.19. The van der Waals surface area contributed by atoms with Gasteiger partial charge in [0, 0.05) is 12.5 Å². The second kappa shape index (κ2) is 7.10. The molecule has 26 heavy (non-hydrogen) atoms. The normalized spacial score (nSPS) is 25.0. The largest absolute Gasteiger partial charge is 0.393 e. The van der Waals surface area contributed by atoms with E-state index in [0.29, 0.717) is 6.61 Å². The summed E-state index contributed by atoms with van der Waals surface area (Å²) >= 11 is 5.34. The average molecular weight is 390 g/mol. The lowest BCUT2D eigenvalue weighted by Gasteiger charge is -2.17. The van der Waals surface area contributed by atoms with Gasteiger partial charge in [0.05, 0.1) is 27.2 Å². The van der Waals surface area contributed by atoms with Crippen molar-refractivity contribution in [2.24, 2.45) is 11.1 Å². The smallest absolute Gasteiger partial charge is 0.182 e. The van der Waals surface area contributed by atoms with Gasteiger partial charge < -0.3 is 10.5 Å². The fraction of sp³-hybridized carbons (Fsp3) is 0.350. The summed E-state index contributed by atoms with van der Waals surface area (Å²) in [7, 11) is -3.60. The molecular formula is C20H23NO3S2. The lowest BCUT2D eigenvalue weighted by atomic mass is 9.99. The minimum absolute atomic E-state index is 0.195. The standard InChI is InChI=1S/C20H23NO3S2/c1-3-24-13-20(19(21)25)17(15-11-9-14(2)10-12-15)18(20)26(22,23)16-7-5-4-6-8-16/h4-12,17-18H,3,13H2,1-2H3,(H2,21,25)/t17-,18+,20-/m1/s1. The van der Waals surface area contributed by atoms with E-state index in [1.54, 1.807) is 30.3 Å². The number of nitrogens with two attached hydrogens (primary N) is 1. The summed E-state index contributed by atoms with van der Waals surface area (Å²) in [5.74, 6) is -0.308. The molecule has 2 aromatic rings. The van der Waals surface area contributed by atoms with E-state index in [1.165, 1.54) is 0 Å². The van der Waals surface area contributed by atoms with Crippen LogP contribution in [0.15, 0.2) is 59.5 Å². The summed E-state index contributed by atoms with van der Waals surface area (Å²) in [6.07, 6.45) is 0. The first-order valence-corrected chi connectivity index (χ1v) is 10.5. The molecule has 0 heterocycles. The lowest BCUT2D eigenvalue weighted by Crippen LogP contribution is -2.33. The fourth-order valence-electron chi connectivity index (χ4n) is 3.67. The van der Waals surface area contributed by atoms with Gasteiger partial charge in [-0.3, -0.25) is 0 Å². The quantitative estimate of drug-likeness (QED) is 0.736. The lowest BCUT2D eigenvalue weighted by molar-refractivity contribution is 0.121. The molecule has 3 atom stereocenters. The summed E-state index contributed by atoms with van der Waals surface area (Å²) in [4.78, 5) is 0.484. The van der Waals surface area contributed by atoms with Crippen molar-refractivity contribution >= 4 is 27.0 Å². The van der Waals surface area contributed by atoms with Crippen LogP contribution in [0.1, 0.15) is 24.0 Å². The topological polar surface area (TPSA) is 69.4 Å². The zero-order chi connectivity index (χ0) is 18.9. The van der Waals surface area contributed by atoms with E-state index in [1.807, 2.05) is 38.1 Å². The zero-order valence-electron chi connectivity index (χ0n) is 14.9. The van der Waals surface area contributed by atoms with E-state index in [4.69, 9.17) is 22.7 Å². The maximum Gasteiger partial charge on any atom is 0.182 e. The number of thiocarbonyl (C=S) groups is 1. The molecule has 0 aliphatic heterocycles. The third kappa shape index (κ3) is 3.06. The monoisotopic (exact) mass is 389 g/mol. The van der Waals surface area contributed by atoms with Crippen LogP contribution in [-0.4, -0.2) is 31.9 Å². The van der Waals surface area contributed by atoms with Crippen molar-refractivity contribution < 1.29 is 13.2 Å². The second-order valence-corrected chi connectivity index (χ2v) is 9.22. The van der Waals surface area contributed by atoms with Crippen molar-refractivity contribution in [2.75, 3.05) is 13.2 Å². The number of rotatable bonds is 7. The molecule has 0 unspecified atom stereocenters. The van der Waals surface area contributed by atoms with Crippen LogP contribution in [0.4, 0.5) is 0 Å². The Bertz CT molecular complexity index is 894. The Morgan fingerprint density at radius 2 is 1.77 bits per heavy atom. The van der Waals surface area contributed by atoms with Crippen LogP contribution in [0.25, 0.3) is 0 Å². The SMILES string of the molecule is CCOC[C@@]1(C(N)=S)[C@H](c2ccc(C)cc2)[C@@H]1S(=O)(=O)c1ccccc1. The van der Waals surface area contributed by atoms with E-state index in [9.17, 15) is 8.42 Å².